The molecule has 0 aliphatic heterocycles. The third kappa shape index (κ3) is 2.31. The van der Waals surface area contributed by atoms with E-state index < -0.39 is 0 Å². The molecule has 0 atom stereocenters. The molecule has 110 valence electrons. The topological polar surface area (TPSA) is 48.9 Å². The maximum atomic E-state index is 10.2. The van der Waals surface area contributed by atoms with Gasteiger partial charge in [0.05, 0.1) is 16.8 Å². The van der Waals surface area contributed by atoms with Crippen LogP contribution in [0.4, 0.5) is 0 Å². The number of pyridine rings is 1. The van der Waals surface area contributed by atoms with Gasteiger partial charge in [-0.05, 0) is 18.2 Å². The second-order valence-electron chi connectivity index (χ2n) is 4.78. The van der Waals surface area contributed by atoms with E-state index in [9.17, 15) is 5.11 Å². The molecule has 3 nitrogen and oxygen atoms in total. The van der Waals surface area contributed by atoms with E-state index in [0.717, 1.165) is 33.1 Å². The first kappa shape index (κ1) is 14.1. The predicted octanol–water partition coefficient (Wildman–Crippen LogP) is 5.11. The van der Waals surface area contributed by atoms with E-state index >= 15 is 0 Å². The Balaban J connectivity index is 0.000000693. The van der Waals surface area contributed by atoms with Crippen molar-refractivity contribution in [1.82, 2.24) is 9.97 Å². The molecular formula is C19H18N2O. The van der Waals surface area contributed by atoms with Crippen LogP contribution in [-0.2, 0) is 0 Å². The van der Waals surface area contributed by atoms with Crippen molar-refractivity contribution in [2.24, 2.45) is 0 Å². The van der Waals surface area contributed by atoms with Crippen LogP contribution in [0.25, 0.3) is 33.1 Å². The first-order valence-corrected chi connectivity index (χ1v) is 7.49. The van der Waals surface area contributed by atoms with Crippen molar-refractivity contribution in [3.8, 4) is 17.1 Å². The number of aromatic amines is 1. The molecule has 4 rings (SSSR count). The summed E-state index contributed by atoms with van der Waals surface area (Å²) in [4.78, 5) is 7.64. The lowest BCUT2D eigenvalue weighted by atomic mass is 10.1. The van der Waals surface area contributed by atoms with Gasteiger partial charge >= 0.3 is 0 Å². The lowest BCUT2D eigenvalue weighted by Crippen LogP contribution is -1.84. The van der Waals surface area contributed by atoms with Gasteiger partial charge in [0.25, 0.3) is 0 Å². The highest BCUT2D eigenvalue weighted by Gasteiger charge is 2.13. The number of aromatic nitrogens is 2. The van der Waals surface area contributed by atoms with E-state index in [1.807, 2.05) is 74.5 Å². The lowest BCUT2D eigenvalue weighted by Gasteiger charge is -2.02. The maximum absolute atomic E-state index is 10.2. The van der Waals surface area contributed by atoms with E-state index in [-0.39, 0.29) is 5.88 Å². The number of nitrogens with zero attached hydrogens (tertiary/aromatic N) is 1. The summed E-state index contributed by atoms with van der Waals surface area (Å²) in [6, 6.07) is 19.8. The summed E-state index contributed by atoms with van der Waals surface area (Å²) in [7, 11) is 0. The highest BCUT2D eigenvalue weighted by molar-refractivity contribution is 5.99. The van der Waals surface area contributed by atoms with Crippen molar-refractivity contribution >= 4 is 21.8 Å². The van der Waals surface area contributed by atoms with Crippen LogP contribution in [0, 0.1) is 0 Å². The molecule has 0 aliphatic rings. The maximum Gasteiger partial charge on any atom is 0.199 e. The Labute approximate surface area is 129 Å². The molecule has 0 radical (unpaired) electrons. The molecular weight excluding hydrogens is 272 g/mol. The fourth-order valence-corrected chi connectivity index (χ4v) is 2.59. The number of hydrogen-bond acceptors (Lipinski definition) is 2. The van der Waals surface area contributed by atoms with Gasteiger partial charge in [0.2, 0.25) is 0 Å². The van der Waals surface area contributed by atoms with Crippen molar-refractivity contribution in [1.29, 1.82) is 0 Å². The van der Waals surface area contributed by atoms with Gasteiger partial charge < -0.3 is 10.1 Å². The third-order valence-corrected chi connectivity index (χ3v) is 3.54. The molecule has 0 saturated heterocycles. The average molecular weight is 290 g/mol. The van der Waals surface area contributed by atoms with Crippen LogP contribution in [0.1, 0.15) is 13.8 Å². The largest absolute Gasteiger partial charge is 0.494 e. The molecule has 4 aromatic rings. The molecule has 2 heterocycles. The third-order valence-electron chi connectivity index (χ3n) is 3.54. The van der Waals surface area contributed by atoms with Crippen LogP contribution in [0.15, 0.2) is 60.7 Å². The second-order valence-corrected chi connectivity index (χ2v) is 4.78. The Bertz CT molecular complexity index is 925. The smallest absolute Gasteiger partial charge is 0.199 e. The number of H-pyrrole nitrogens is 1. The van der Waals surface area contributed by atoms with Crippen LogP contribution < -0.4 is 0 Å². The normalized spacial score (nSPS) is 10.5. The van der Waals surface area contributed by atoms with Crippen molar-refractivity contribution in [3.63, 3.8) is 0 Å². The quantitative estimate of drug-likeness (QED) is 0.511. The summed E-state index contributed by atoms with van der Waals surface area (Å²) in [5.41, 5.74) is 3.37. The predicted molar refractivity (Wildman–Crippen MR) is 92.0 cm³/mol. The zero-order valence-corrected chi connectivity index (χ0v) is 12.7. The molecule has 3 heteroatoms. The number of nitrogens with one attached hydrogen (secondary N) is 1. The van der Waals surface area contributed by atoms with Gasteiger partial charge in [-0.3, -0.25) is 0 Å². The molecule has 22 heavy (non-hydrogen) atoms. The fourth-order valence-electron chi connectivity index (χ4n) is 2.59. The van der Waals surface area contributed by atoms with E-state index in [0.29, 0.717) is 0 Å². The zero-order valence-electron chi connectivity index (χ0n) is 12.7. The second kappa shape index (κ2) is 5.90. The summed E-state index contributed by atoms with van der Waals surface area (Å²) >= 11 is 0. The number of hydrogen-bond donors (Lipinski definition) is 2. The highest BCUT2D eigenvalue weighted by Crippen LogP contribution is 2.35. The van der Waals surface area contributed by atoms with Crippen LogP contribution >= 0.6 is 0 Å². The molecule has 0 aliphatic carbocycles. The van der Waals surface area contributed by atoms with Gasteiger partial charge in [-0.25, -0.2) is 4.98 Å². The van der Waals surface area contributed by atoms with Crippen LogP contribution in [-0.4, -0.2) is 15.1 Å². The number of fused-ring (bicyclic) bond motifs is 2. The molecule has 0 fully saturated rings. The number of rotatable bonds is 1. The van der Waals surface area contributed by atoms with Crippen molar-refractivity contribution in [3.05, 3.63) is 60.7 Å². The van der Waals surface area contributed by atoms with E-state index in [1.54, 1.807) is 0 Å². The molecule has 0 unspecified atom stereocenters. The fraction of sp³-hybridized carbons (Fsp3) is 0.105. The minimum absolute atomic E-state index is 0.161. The zero-order chi connectivity index (χ0) is 15.5. The van der Waals surface area contributed by atoms with Crippen molar-refractivity contribution in [2.75, 3.05) is 0 Å². The first-order chi connectivity index (χ1) is 10.8. The molecule has 2 N–H and O–H groups in total. The van der Waals surface area contributed by atoms with E-state index in [1.165, 1.54) is 0 Å². The number of para-hydroxylation sites is 2. The van der Waals surface area contributed by atoms with E-state index in [2.05, 4.69) is 9.97 Å². The molecule has 0 bridgehead atoms. The summed E-state index contributed by atoms with van der Waals surface area (Å²) in [5, 5.41) is 12.2. The molecule has 0 saturated carbocycles. The van der Waals surface area contributed by atoms with Gasteiger partial charge in [-0.15, -0.1) is 0 Å². The van der Waals surface area contributed by atoms with Crippen LogP contribution in [0.3, 0.4) is 0 Å². The van der Waals surface area contributed by atoms with Crippen molar-refractivity contribution < 1.29 is 5.11 Å². The van der Waals surface area contributed by atoms with Gasteiger partial charge in [0.15, 0.2) is 5.88 Å². The Morgan fingerprint density at radius 1 is 0.864 bits per heavy atom. The van der Waals surface area contributed by atoms with Gasteiger partial charge in [0.1, 0.15) is 0 Å². The average Bonchev–Trinajstić information content (AvgIpc) is 2.92. The Kier molecular flexibility index (Phi) is 3.79. The van der Waals surface area contributed by atoms with Crippen LogP contribution in [0.2, 0.25) is 0 Å². The molecule has 2 aromatic carbocycles. The Morgan fingerprint density at radius 3 is 2.45 bits per heavy atom. The Morgan fingerprint density at radius 2 is 1.59 bits per heavy atom. The summed E-state index contributed by atoms with van der Waals surface area (Å²) in [6.45, 7) is 4.00. The summed E-state index contributed by atoms with van der Waals surface area (Å²) in [5.74, 6) is 0.161. The van der Waals surface area contributed by atoms with Crippen molar-refractivity contribution in [2.45, 2.75) is 13.8 Å². The number of aromatic hydroxyl groups is 1. The lowest BCUT2D eigenvalue weighted by molar-refractivity contribution is 0.460. The molecule has 0 amide bonds. The molecule has 0 spiro atoms. The van der Waals surface area contributed by atoms with Gasteiger partial charge in [-0.1, -0.05) is 56.3 Å². The monoisotopic (exact) mass is 290 g/mol. The molecule has 2 aromatic heterocycles. The summed E-state index contributed by atoms with van der Waals surface area (Å²) in [6.07, 6.45) is 0. The van der Waals surface area contributed by atoms with Gasteiger partial charge in [0, 0.05) is 16.3 Å². The van der Waals surface area contributed by atoms with E-state index in [4.69, 9.17) is 0 Å². The first-order valence-electron chi connectivity index (χ1n) is 7.49. The Hall–Kier alpha value is -2.81. The van der Waals surface area contributed by atoms with Crippen LogP contribution in [0.5, 0.6) is 5.88 Å². The SMILES string of the molecule is CC.Oc1[nH]c2ccccc2c1-c1ccc2ccccc2n1. The minimum atomic E-state index is 0.161. The number of benzene rings is 2. The van der Waals surface area contributed by atoms with Gasteiger partial charge in [-0.2, -0.15) is 0 Å². The minimum Gasteiger partial charge on any atom is -0.494 e. The standard InChI is InChI=1S/C17H12N2O.C2H6/c20-17-16(12-6-2-4-8-14(12)19-17)15-10-9-11-5-1-3-7-13(11)18-15;1-2/h1-10,19-20H;1-2H3. The summed E-state index contributed by atoms with van der Waals surface area (Å²) < 4.78 is 0. The highest BCUT2D eigenvalue weighted by atomic mass is 16.3.